The molecule has 0 amide bonds. The van der Waals surface area contributed by atoms with E-state index in [1.807, 2.05) is 0 Å². The van der Waals surface area contributed by atoms with Crippen molar-refractivity contribution in [2.45, 2.75) is 68.5 Å². The molecule has 1 spiro atoms. The Kier molecular flexibility index (Phi) is 4.93. The van der Waals surface area contributed by atoms with Crippen LogP contribution in [0.2, 0.25) is 0 Å². The number of guanidine groups is 2. The van der Waals surface area contributed by atoms with E-state index in [1.54, 1.807) is 11.8 Å². The number of nitro groups is 1. The lowest BCUT2D eigenvalue weighted by molar-refractivity contribution is -0.385. The van der Waals surface area contributed by atoms with E-state index in [0.29, 0.717) is 24.1 Å². The van der Waals surface area contributed by atoms with Gasteiger partial charge in [-0.3, -0.25) is 15.0 Å². The van der Waals surface area contributed by atoms with Crippen molar-refractivity contribution in [3.05, 3.63) is 27.8 Å². The van der Waals surface area contributed by atoms with E-state index < -0.39 is 20.6 Å². The van der Waals surface area contributed by atoms with Gasteiger partial charge in [0.05, 0.1) is 21.1 Å². The first-order valence-electron chi connectivity index (χ1n) is 9.94. The molecule has 1 heterocycles. The first-order chi connectivity index (χ1) is 14.1. The highest BCUT2D eigenvalue weighted by atomic mass is 32.2. The maximum absolute atomic E-state index is 12.8. The Labute approximate surface area is 174 Å². The van der Waals surface area contributed by atoms with Crippen LogP contribution in [-0.4, -0.2) is 37.0 Å². The Morgan fingerprint density at radius 1 is 1.23 bits per heavy atom. The number of hydrogen-bond donors (Lipinski definition) is 3. The number of rotatable bonds is 5. The average molecular weight is 436 g/mol. The van der Waals surface area contributed by atoms with Crippen LogP contribution in [0.25, 0.3) is 0 Å². The van der Waals surface area contributed by atoms with E-state index in [9.17, 15) is 18.5 Å². The van der Waals surface area contributed by atoms with E-state index >= 15 is 0 Å². The number of nitrogens with one attached hydrogen (secondary N) is 1. The molecule has 1 aromatic rings. The zero-order chi connectivity index (χ0) is 21.7. The number of anilines is 1. The van der Waals surface area contributed by atoms with Gasteiger partial charge in [0.15, 0.2) is 0 Å². The summed E-state index contributed by atoms with van der Waals surface area (Å²) in [6.45, 7) is 1.57. The molecule has 0 aromatic heterocycles. The molecule has 0 unspecified atom stereocenters. The molecule has 4 rings (SSSR count). The molecule has 0 bridgehead atoms. The molecular weight excluding hydrogens is 410 g/mol. The van der Waals surface area contributed by atoms with Crippen molar-refractivity contribution in [3.8, 4) is 0 Å². The van der Waals surface area contributed by atoms with Gasteiger partial charge in [-0.15, -0.1) is 0 Å². The second-order valence-corrected chi connectivity index (χ2v) is 9.77. The molecule has 0 atom stereocenters. The Balaban J connectivity index is 1.90. The highest BCUT2D eigenvalue weighted by Crippen LogP contribution is 2.43. The maximum Gasteiger partial charge on any atom is 0.275 e. The molecule has 3 aliphatic rings. The summed E-state index contributed by atoms with van der Waals surface area (Å²) in [6.07, 6.45) is 5.56. The molecule has 1 aliphatic heterocycles. The van der Waals surface area contributed by atoms with E-state index in [1.165, 1.54) is 6.07 Å². The third-order valence-electron chi connectivity index (χ3n) is 5.82. The summed E-state index contributed by atoms with van der Waals surface area (Å²) in [5, 5.41) is 11.7. The molecule has 30 heavy (non-hydrogen) atoms. The Bertz CT molecular complexity index is 1060. The minimum Gasteiger partial charge on any atom is -0.369 e. The van der Waals surface area contributed by atoms with Crippen LogP contribution in [0.3, 0.4) is 0 Å². The van der Waals surface area contributed by atoms with Gasteiger partial charge in [-0.2, -0.15) is 4.99 Å². The Morgan fingerprint density at radius 2 is 1.90 bits per heavy atom. The molecule has 0 radical (unpaired) electrons. The molecule has 12 heteroatoms. The molecule has 2 aliphatic carbocycles. The van der Waals surface area contributed by atoms with Crippen LogP contribution in [0.4, 0.5) is 11.4 Å². The Hall–Kier alpha value is -2.73. The van der Waals surface area contributed by atoms with Gasteiger partial charge in [0.2, 0.25) is 21.9 Å². The minimum absolute atomic E-state index is 0.0477. The fraction of sp³-hybridized carbons (Fsp3) is 0.556. The lowest BCUT2D eigenvalue weighted by Crippen LogP contribution is -2.58. The lowest BCUT2D eigenvalue weighted by Gasteiger charge is -2.46. The second kappa shape index (κ2) is 7.20. The number of sulfonamides is 1. The van der Waals surface area contributed by atoms with Crippen LogP contribution < -0.4 is 21.1 Å². The van der Waals surface area contributed by atoms with Gasteiger partial charge in [-0.25, -0.2) is 18.1 Å². The van der Waals surface area contributed by atoms with Crippen LogP contribution in [0.15, 0.2) is 27.0 Å². The van der Waals surface area contributed by atoms with Crippen LogP contribution in [0.5, 0.6) is 0 Å². The molecule has 11 nitrogen and oxygen atoms in total. The van der Waals surface area contributed by atoms with Gasteiger partial charge in [-0.1, -0.05) is 6.42 Å². The predicted octanol–water partition coefficient (Wildman–Crippen LogP) is 1.45. The van der Waals surface area contributed by atoms with Gasteiger partial charge in [0, 0.05) is 12.1 Å². The van der Waals surface area contributed by atoms with Gasteiger partial charge in [-0.05, 0) is 51.5 Å². The highest BCUT2D eigenvalue weighted by Gasteiger charge is 2.44. The summed E-state index contributed by atoms with van der Waals surface area (Å²) in [5.74, 6) is 0.100. The normalized spacial score (nSPS) is 21.3. The molecule has 5 N–H and O–H groups in total. The van der Waals surface area contributed by atoms with Crippen molar-refractivity contribution < 1.29 is 13.3 Å². The maximum atomic E-state index is 12.8. The summed E-state index contributed by atoms with van der Waals surface area (Å²) in [6, 6.07) is 2.38. The molecule has 2 saturated carbocycles. The van der Waals surface area contributed by atoms with Crippen molar-refractivity contribution in [3.63, 3.8) is 0 Å². The smallest absolute Gasteiger partial charge is 0.275 e. The third-order valence-corrected chi connectivity index (χ3v) is 7.32. The quantitative estimate of drug-likeness (QED) is 0.464. The first-order valence-corrected chi connectivity index (χ1v) is 11.4. The van der Waals surface area contributed by atoms with Gasteiger partial charge >= 0.3 is 0 Å². The summed E-state index contributed by atoms with van der Waals surface area (Å²) in [5.41, 5.74) is 11.6. The fourth-order valence-electron chi connectivity index (χ4n) is 4.19. The van der Waals surface area contributed by atoms with Crippen molar-refractivity contribution >= 4 is 33.3 Å². The van der Waals surface area contributed by atoms with E-state index in [0.717, 1.165) is 38.2 Å². The zero-order valence-corrected chi connectivity index (χ0v) is 17.5. The Morgan fingerprint density at radius 3 is 2.50 bits per heavy atom. The van der Waals surface area contributed by atoms with Crippen LogP contribution in [-0.2, 0) is 10.0 Å². The topological polar surface area (TPSA) is 169 Å². The van der Waals surface area contributed by atoms with Crippen molar-refractivity contribution in [2.75, 3.05) is 4.90 Å². The van der Waals surface area contributed by atoms with Gasteiger partial charge < -0.3 is 11.5 Å². The summed E-state index contributed by atoms with van der Waals surface area (Å²) in [7, 11) is -3.92. The summed E-state index contributed by atoms with van der Waals surface area (Å²) in [4.78, 5) is 21.2. The van der Waals surface area contributed by atoms with E-state index in [-0.39, 0.29) is 28.5 Å². The zero-order valence-electron chi connectivity index (χ0n) is 16.7. The first kappa shape index (κ1) is 20.5. The third kappa shape index (κ3) is 3.60. The van der Waals surface area contributed by atoms with Gasteiger partial charge in [0.25, 0.3) is 5.69 Å². The number of nitrogens with two attached hydrogens (primary N) is 2. The fourth-order valence-corrected chi connectivity index (χ4v) is 5.54. The van der Waals surface area contributed by atoms with Crippen LogP contribution in [0.1, 0.15) is 50.5 Å². The summed E-state index contributed by atoms with van der Waals surface area (Å²) >= 11 is 0. The molecule has 2 fully saturated rings. The number of aliphatic imine (C=N–C) groups is 2. The monoisotopic (exact) mass is 435 g/mol. The van der Waals surface area contributed by atoms with Crippen molar-refractivity contribution in [1.82, 2.24) is 4.72 Å². The lowest BCUT2D eigenvalue weighted by atomic mass is 9.87. The number of nitrogens with zero attached hydrogens (tertiary/aromatic N) is 4. The number of nitro benzene ring substituents is 1. The number of hydrogen-bond acceptors (Lipinski definition) is 9. The average Bonchev–Trinajstić information content (AvgIpc) is 3.46. The van der Waals surface area contributed by atoms with Crippen molar-refractivity contribution in [2.24, 2.45) is 21.5 Å². The minimum atomic E-state index is -3.92. The van der Waals surface area contributed by atoms with E-state index in [4.69, 9.17) is 11.5 Å². The van der Waals surface area contributed by atoms with Crippen LogP contribution >= 0.6 is 0 Å². The van der Waals surface area contributed by atoms with Crippen molar-refractivity contribution in [1.29, 1.82) is 0 Å². The van der Waals surface area contributed by atoms with Crippen LogP contribution in [0, 0.1) is 17.0 Å². The van der Waals surface area contributed by atoms with Gasteiger partial charge in [0.1, 0.15) is 5.66 Å². The standard InChI is InChI=1S/C18H25N7O4S/c1-11-14(24-17(20)21-16(19)22-18(24)7-3-2-4-8-18)9-13(10-15(11)25(26)27)30(28,29)23-12-5-6-12/h9-10,12,23H,2-8H2,1H3,(H4,19,20,21,22). The SMILES string of the molecule is Cc1c(N2C(N)=NC(N)=NC23CCCCC3)cc(S(=O)(=O)NC2CC2)cc1[N+](=O)[O-]. The number of benzene rings is 1. The summed E-state index contributed by atoms with van der Waals surface area (Å²) < 4.78 is 28.3. The largest absolute Gasteiger partial charge is 0.369 e. The molecule has 0 saturated heterocycles. The molecule has 162 valence electrons. The van der Waals surface area contributed by atoms with E-state index in [2.05, 4.69) is 14.7 Å². The molecular formula is C18H25N7O4S. The predicted molar refractivity (Wildman–Crippen MR) is 113 cm³/mol. The highest BCUT2D eigenvalue weighted by molar-refractivity contribution is 7.89. The molecule has 1 aromatic carbocycles. The second-order valence-electron chi connectivity index (χ2n) is 8.06.